The molecule has 0 saturated carbocycles. The summed E-state index contributed by atoms with van der Waals surface area (Å²) in [5.74, 6) is -0.290. The standard InChI is InChI=1S/C18H22O6/c1-5-21-16(19)11-13-9-12(14-7-6-8-22-14)10-15(23-13)17(20)24-18(2,3)4/h6-8,10-12H,5,9H2,1-4H3/b13-11-/t12-/m0/s1. The van der Waals surface area contributed by atoms with Crippen molar-refractivity contribution in [3.8, 4) is 0 Å². The number of carbonyl (C=O) groups excluding carboxylic acids is 2. The highest BCUT2D eigenvalue weighted by Gasteiger charge is 2.29. The zero-order chi connectivity index (χ0) is 17.7. The summed E-state index contributed by atoms with van der Waals surface area (Å²) in [5.41, 5.74) is -0.649. The van der Waals surface area contributed by atoms with Crippen LogP contribution in [0.25, 0.3) is 0 Å². The Labute approximate surface area is 141 Å². The molecular weight excluding hydrogens is 312 g/mol. The number of furan rings is 1. The van der Waals surface area contributed by atoms with Crippen LogP contribution in [0.4, 0.5) is 0 Å². The Kier molecular flexibility index (Phi) is 5.49. The molecule has 24 heavy (non-hydrogen) atoms. The SMILES string of the molecule is CCOC(=O)/C=C1/C[C@H](c2ccco2)C=C(C(=O)OC(C)(C)C)O1. The number of allylic oxidation sites excluding steroid dienone is 2. The zero-order valence-corrected chi connectivity index (χ0v) is 14.3. The van der Waals surface area contributed by atoms with Gasteiger partial charge in [0.15, 0.2) is 0 Å². The van der Waals surface area contributed by atoms with Crippen LogP contribution in [0.15, 0.2) is 46.5 Å². The van der Waals surface area contributed by atoms with Gasteiger partial charge in [-0.2, -0.15) is 0 Å². The molecule has 0 aliphatic carbocycles. The summed E-state index contributed by atoms with van der Waals surface area (Å²) < 4.78 is 21.2. The van der Waals surface area contributed by atoms with Crippen LogP contribution in [0.2, 0.25) is 0 Å². The van der Waals surface area contributed by atoms with E-state index in [4.69, 9.17) is 18.6 Å². The van der Waals surface area contributed by atoms with Crippen LogP contribution in [0, 0.1) is 0 Å². The highest BCUT2D eigenvalue weighted by Crippen LogP contribution is 2.34. The molecule has 6 heteroatoms. The van der Waals surface area contributed by atoms with Crippen molar-refractivity contribution in [1.82, 2.24) is 0 Å². The smallest absolute Gasteiger partial charge is 0.374 e. The molecule has 0 radical (unpaired) electrons. The van der Waals surface area contributed by atoms with Crippen LogP contribution in [-0.4, -0.2) is 24.1 Å². The Morgan fingerprint density at radius 1 is 1.38 bits per heavy atom. The third-order valence-corrected chi connectivity index (χ3v) is 3.09. The summed E-state index contributed by atoms with van der Waals surface area (Å²) in [6.07, 6.45) is 4.84. The average Bonchev–Trinajstić information content (AvgIpc) is 2.99. The van der Waals surface area contributed by atoms with Crippen molar-refractivity contribution in [3.05, 3.63) is 47.8 Å². The van der Waals surface area contributed by atoms with Crippen LogP contribution in [-0.2, 0) is 23.8 Å². The summed E-state index contributed by atoms with van der Waals surface area (Å²) in [4.78, 5) is 24.0. The van der Waals surface area contributed by atoms with Gasteiger partial charge in [0.25, 0.3) is 0 Å². The van der Waals surface area contributed by atoms with E-state index >= 15 is 0 Å². The summed E-state index contributed by atoms with van der Waals surface area (Å²) in [6, 6.07) is 3.57. The molecule has 0 N–H and O–H groups in total. The summed E-state index contributed by atoms with van der Waals surface area (Å²) in [7, 11) is 0. The molecule has 2 rings (SSSR count). The molecule has 0 bridgehead atoms. The van der Waals surface area contributed by atoms with E-state index in [1.54, 1.807) is 52.2 Å². The molecule has 1 aliphatic heterocycles. The minimum absolute atomic E-state index is 0.0353. The van der Waals surface area contributed by atoms with Gasteiger partial charge in [-0.05, 0) is 45.9 Å². The first kappa shape index (κ1) is 17.8. The van der Waals surface area contributed by atoms with Crippen molar-refractivity contribution in [1.29, 1.82) is 0 Å². The van der Waals surface area contributed by atoms with Crippen LogP contribution in [0.5, 0.6) is 0 Å². The molecule has 6 nitrogen and oxygen atoms in total. The van der Waals surface area contributed by atoms with Crippen LogP contribution >= 0.6 is 0 Å². The van der Waals surface area contributed by atoms with Gasteiger partial charge in [0.2, 0.25) is 5.76 Å². The van der Waals surface area contributed by atoms with Crippen molar-refractivity contribution >= 4 is 11.9 Å². The van der Waals surface area contributed by atoms with E-state index in [2.05, 4.69) is 0 Å². The summed E-state index contributed by atoms with van der Waals surface area (Å²) in [6.45, 7) is 7.30. The molecule has 1 aromatic rings. The minimum atomic E-state index is -0.649. The number of hydrogen-bond donors (Lipinski definition) is 0. The van der Waals surface area contributed by atoms with Crippen molar-refractivity contribution in [2.45, 2.75) is 45.6 Å². The number of ether oxygens (including phenoxy) is 3. The molecule has 0 saturated heterocycles. The highest BCUT2D eigenvalue weighted by atomic mass is 16.6. The van der Waals surface area contributed by atoms with E-state index in [1.165, 1.54) is 6.08 Å². The van der Waals surface area contributed by atoms with Gasteiger partial charge in [-0.25, -0.2) is 9.59 Å². The fourth-order valence-corrected chi connectivity index (χ4v) is 2.20. The molecule has 1 atom stereocenters. The highest BCUT2D eigenvalue weighted by molar-refractivity contribution is 5.88. The van der Waals surface area contributed by atoms with Crippen LogP contribution in [0.3, 0.4) is 0 Å². The molecule has 0 amide bonds. The maximum atomic E-state index is 12.3. The Balaban J connectivity index is 2.26. The third-order valence-electron chi connectivity index (χ3n) is 3.09. The number of rotatable bonds is 4. The van der Waals surface area contributed by atoms with Gasteiger partial charge in [0.05, 0.1) is 18.9 Å². The number of carbonyl (C=O) groups is 2. The lowest BCUT2D eigenvalue weighted by Gasteiger charge is -2.25. The second-order valence-corrected chi connectivity index (χ2v) is 6.32. The lowest BCUT2D eigenvalue weighted by Crippen LogP contribution is -2.27. The maximum Gasteiger partial charge on any atom is 0.374 e. The first-order chi connectivity index (χ1) is 11.3. The van der Waals surface area contributed by atoms with E-state index in [-0.39, 0.29) is 18.3 Å². The van der Waals surface area contributed by atoms with E-state index < -0.39 is 17.5 Å². The normalized spacial score (nSPS) is 19.4. The minimum Gasteiger partial charge on any atom is -0.469 e. The average molecular weight is 334 g/mol. The number of hydrogen-bond acceptors (Lipinski definition) is 6. The Morgan fingerprint density at radius 3 is 2.71 bits per heavy atom. The Bertz CT molecular complexity index is 646. The zero-order valence-electron chi connectivity index (χ0n) is 14.3. The Hall–Kier alpha value is -2.50. The second-order valence-electron chi connectivity index (χ2n) is 6.32. The first-order valence-electron chi connectivity index (χ1n) is 7.82. The van der Waals surface area contributed by atoms with E-state index in [9.17, 15) is 9.59 Å². The first-order valence-corrected chi connectivity index (χ1v) is 7.82. The van der Waals surface area contributed by atoms with Crippen molar-refractivity contribution in [2.75, 3.05) is 6.61 Å². The predicted molar refractivity (Wildman–Crippen MR) is 85.8 cm³/mol. The second kappa shape index (κ2) is 7.38. The molecule has 0 aromatic carbocycles. The van der Waals surface area contributed by atoms with Gasteiger partial charge in [-0.15, -0.1) is 0 Å². The quantitative estimate of drug-likeness (QED) is 0.620. The molecule has 1 aliphatic rings. The van der Waals surface area contributed by atoms with Crippen LogP contribution in [0.1, 0.15) is 45.8 Å². The fourth-order valence-electron chi connectivity index (χ4n) is 2.20. The fraction of sp³-hybridized carbons (Fsp3) is 0.444. The van der Waals surface area contributed by atoms with E-state index in [0.717, 1.165) is 0 Å². The topological polar surface area (TPSA) is 75.0 Å². The summed E-state index contributed by atoms with van der Waals surface area (Å²) in [5, 5.41) is 0. The van der Waals surface area contributed by atoms with Gasteiger partial charge < -0.3 is 18.6 Å². The molecule has 0 spiro atoms. The van der Waals surface area contributed by atoms with Crippen LogP contribution < -0.4 is 0 Å². The lowest BCUT2D eigenvalue weighted by molar-refractivity contribution is -0.154. The molecule has 2 heterocycles. The molecule has 1 aromatic heterocycles. The summed E-state index contributed by atoms with van der Waals surface area (Å²) >= 11 is 0. The number of esters is 2. The van der Waals surface area contributed by atoms with Gasteiger partial charge in [0, 0.05) is 12.3 Å². The molecule has 130 valence electrons. The molecule has 0 unspecified atom stereocenters. The largest absolute Gasteiger partial charge is 0.469 e. The van der Waals surface area contributed by atoms with Gasteiger partial charge in [-0.3, -0.25) is 0 Å². The maximum absolute atomic E-state index is 12.3. The van der Waals surface area contributed by atoms with Gasteiger partial charge in [-0.1, -0.05) is 0 Å². The lowest BCUT2D eigenvalue weighted by atomic mass is 9.97. The van der Waals surface area contributed by atoms with Crippen molar-refractivity contribution in [3.63, 3.8) is 0 Å². The third kappa shape index (κ3) is 5.01. The Morgan fingerprint density at radius 2 is 2.12 bits per heavy atom. The predicted octanol–water partition coefficient (Wildman–Crippen LogP) is 3.46. The molecular formula is C18H22O6. The van der Waals surface area contributed by atoms with E-state index in [0.29, 0.717) is 17.9 Å². The monoisotopic (exact) mass is 334 g/mol. The molecule has 0 fully saturated rings. The van der Waals surface area contributed by atoms with Gasteiger partial charge in [0.1, 0.15) is 17.1 Å². The van der Waals surface area contributed by atoms with Crippen molar-refractivity contribution in [2.24, 2.45) is 0 Å². The van der Waals surface area contributed by atoms with Gasteiger partial charge >= 0.3 is 11.9 Å². The van der Waals surface area contributed by atoms with Crippen molar-refractivity contribution < 1.29 is 28.2 Å². The van der Waals surface area contributed by atoms with E-state index in [1.807, 2.05) is 0 Å².